The molecule has 5 heterocycles. The topological polar surface area (TPSA) is 63.0 Å². The molecule has 0 radical (unpaired) electrons. The quantitative estimate of drug-likeness (QED) is 0.291. The Morgan fingerprint density at radius 3 is 2.33 bits per heavy atom. The Bertz CT molecular complexity index is 1500. The minimum absolute atomic E-state index is 0.102. The summed E-state index contributed by atoms with van der Waals surface area (Å²) in [5.41, 5.74) is 3.62. The summed E-state index contributed by atoms with van der Waals surface area (Å²) in [5, 5.41) is 0. The van der Waals surface area contributed by atoms with Crippen molar-refractivity contribution in [1.29, 1.82) is 0 Å². The molecule has 0 amide bonds. The largest absolute Gasteiger partial charge is 0.326 e. The molecule has 0 saturated carbocycles. The van der Waals surface area contributed by atoms with Crippen LogP contribution in [0, 0.1) is 18.6 Å². The van der Waals surface area contributed by atoms with Crippen molar-refractivity contribution in [2.75, 3.05) is 19.6 Å². The number of aryl methyl sites for hydroxylation is 3. The standard InChI is InChI=1S/C31H37F2N7/c1-5-38-17-24-7-8-25(18-38)39(24)16-21-13-35-30(36-14-21)9-6-23-12-26(28(33)15-34-23)22-10-27(32)31-29(11-22)40(19(2)3)20(4)37-31/h10-15,19,24-25H,5-9,16-18H2,1-4H3. The van der Waals surface area contributed by atoms with Crippen molar-refractivity contribution in [2.24, 2.45) is 0 Å². The maximum atomic E-state index is 15.0. The van der Waals surface area contributed by atoms with Gasteiger partial charge in [0.15, 0.2) is 5.82 Å². The Labute approximate surface area is 234 Å². The summed E-state index contributed by atoms with van der Waals surface area (Å²) in [6, 6.07) is 6.24. The van der Waals surface area contributed by atoms with Crippen LogP contribution < -0.4 is 0 Å². The van der Waals surface area contributed by atoms with Crippen LogP contribution in [0.4, 0.5) is 8.78 Å². The number of likely N-dealkylation sites (tertiary alicyclic amines) is 1. The summed E-state index contributed by atoms with van der Waals surface area (Å²) < 4.78 is 31.9. The minimum atomic E-state index is -0.482. The van der Waals surface area contributed by atoms with Crippen LogP contribution in [0.1, 0.15) is 62.6 Å². The molecule has 1 aromatic carbocycles. The number of hydrogen-bond acceptors (Lipinski definition) is 6. The maximum Gasteiger partial charge on any atom is 0.151 e. The molecule has 2 atom stereocenters. The van der Waals surface area contributed by atoms with Crippen molar-refractivity contribution in [1.82, 2.24) is 34.3 Å². The van der Waals surface area contributed by atoms with Crippen molar-refractivity contribution < 1.29 is 8.78 Å². The first-order chi connectivity index (χ1) is 19.3. The normalized spacial score (nSPS) is 19.8. The predicted octanol–water partition coefficient (Wildman–Crippen LogP) is 5.51. The highest BCUT2D eigenvalue weighted by molar-refractivity contribution is 5.83. The molecular weight excluding hydrogens is 508 g/mol. The lowest BCUT2D eigenvalue weighted by Gasteiger charge is -2.40. The van der Waals surface area contributed by atoms with Crippen LogP contribution in [-0.2, 0) is 19.4 Å². The zero-order valence-corrected chi connectivity index (χ0v) is 23.7. The van der Waals surface area contributed by atoms with Crippen LogP contribution in [-0.4, -0.2) is 66.0 Å². The van der Waals surface area contributed by atoms with Crippen LogP contribution in [0.25, 0.3) is 22.2 Å². The van der Waals surface area contributed by atoms with Gasteiger partial charge in [0, 0.05) is 73.4 Å². The number of likely N-dealkylation sites (N-methyl/N-ethyl adjacent to an activating group) is 1. The number of aromatic nitrogens is 5. The Morgan fingerprint density at radius 1 is 0.925 bits per heavy atom. The fraction of sp³-hybridized carbons (Fsp3) is 0.484. The van der Waals surface area contributed by atoms with Crippen LogP contribution in [0.2, 0.25) is 0 Å². The van der Waals surface area contributed by atoms with Gasteiger partial charge in [-0.2, -0.15) is 0 Å². The average Bonchev–Trinajstić information content (AvgIpc) is 3.39. The van der Waals surface area contributed by atoms with Gasteiger partial charge in [0.05, 0.1) is 11.7 Å². The molecule has 3 aromatic heterocycles. The van der Waals surface area contributed by atoms with Crippen molar-refractivity contribution in [3.63, 3.8) is 0 Å². The van der Waals surface area contributed by atoms with E-state index in [0.29, 0.717) is 52.8 Å². The van der Waals surface area contributed by atoms with Gasteiger partial charge in [-0.1, -0.05) is 6.92 Å². The third-order valence-electron chi connectivity index (χ3n) is 8.55. The highest BCUT2D eigenvalue weighted by atomic mass is 19.1. The Hall–Kier alpha value is -3.30. The van der Waals surface area contributed by atoms with Gasteiger partial charge >= 0.3 is 0 Å². The van der Waals surface area contributed by atoms with Gasteiger partial charge in [-0.3, -0.25) is 9.88 Å². The molecule has 0 spiro atoms. The molecule has 9 heteroatoms. The summed E-state index contributed by atoms with van der Waals surface area (Å²) in [6.45, 7) is 12.5. The van der Waals surface area contributed by atoms with E-state index in [9.17, 15) is 4.39 Å². The van der Waals surface area contributed by atoms with Crippen LogP contribution in [0.3, 0.4) is 0 Å². The van der Waals surface area contributed by atoms with Crippen LogP contribution >= 0.6 is 0 Å². The third-order valence-corrected chi connectivity index (χ3v) is 8.55. The van der Waals surface area contributed by atoms with Crippen LogP contribution in [0.15, 0.2) is 36.8 Å². The number of hydrogen-bond donors (Lipinski definition) is 0. The first kappa shape index (κ1) is 26.9. The molecule has 2 aliphatic heterocycles. The number of rotatable bonds is 8. The summed E-state index contributed by atoms with van der Waals surface area (Å²) in [4.78, 5) is 23.1. The van der Waals surface area contributed by atoms with E-state index in [1.165, 1.54) is 25.1 Å². The van der Waals surface area contributed by atoms with Gasteiger partial charge in [-0.05, 0) is 70.3 Å². The fourth-order valence-electron chi connectivity index (χ4n) is 6.55. The minimum Gasteiger partial charge on any atom is -0.326 e. The number of fused-ring (bicyclic) bond motifs is 3. The van der Waals surface area contributed by atoms with Gasteiger partial charge in [-0.25, -0.2) is 23.7 Å². The molecular formula is C31H37F2N7. The van der Waals surface area contributed by atoms with Crippen molar-refractivity contribution in [3.8, 4) is 11.1 Å². The second-order valence-corrected chi connectivity index (χ2v) is 11.5. The number of piperazine rings is 1. The molecule has 7 nitrogen and oxygen atoms in total. The molecule has 4 aromatic rings. The number of halogens is 2. The second-order valence-electron chi connectivity index (χ2n) is 11.5. The predicted molar refractivity (Wildman–Crippen MR) is 152 cm³/mol. The number of nitrogens with zero attached hydrogens (tertiary/aromatic N) is 7. The summed E-state index contributed by atoms with van der Waals surface area (Å²) >= 11 is 0. The highest BCUT2D eigenvalue weighted by Crippen LogP contribution is 2.32. The zero-order chi connectivity index (χ0) is 28.0. The van der Waals surface area contributed by atoms with Gasteiger partial charge in [0.25, 0.3) is 0 Å². The summed E-state index contributed by atoms with van der Waals surface area (Å²) in [7, 11) is 0. The Kier molecular flexibility index (Phi) is 7.35. The van der Waals surface area contributed by atoms with Gasteiger partial charge in [-0.15, -0.1) is 0 Å². The van der Waals surface area contributed by atoms with Gasteiger partial charge < -0.3 is 9.47 Å². The van der Waals surface area contributed by atoms with E-state index in [4.69, 9.17) is 0 Å². The van der Waals surface area contributed by atoms with Crippen molar-refractivity contribution in [3.05, 3.63) is 71.3 Å². The molecule has 2 unspecified atom stereocenters. The smallest absolute Gasteiger partial charge is 0.151 e. The summed E-state index contributed by atoms with van der Waals surface area (Å²) in [5.74, 6) is 0.527. The van der Waals surface area contributed by atoms with Crippen molar-refractivity contribution in [2.45, 2.75) is 78.0 Å². The number of imidazole rings is 1. The summed E-state index contributed by atoms with van der Waals surface area (Å²) in [6.07, 6.45) is 8.79. The Morgan fingerprint density at radius 2 is 1.65 bits per heavy atom. The first-order valence-electron chi connectivity index (χ1n) is 14.4. The lowest BCUT2D eigenvalue weighted by atomic mass is 10.0. The molecule has 2 saturated heterocycles. The van der Waals surface area contributed by atoms with E-state index in [1.54, 1.807) is 6.07 Å². The maximum absolute atomic E-state index is 15.0. The Balaban J connectivity index is 1.15. The molecule has 0 N–H and O–H groups in total. The van der Waals surface area contributed by atoms with E-state index in [0.717, 1.165) is 43.4 Å². The second kappa shape index (κ2) is 10.9. The third kappa shape index (κ3) is 5.12. The highest BCUT2D eigenvalue weighted by Gasteiger charge is 2.39. The van der Waals surface area contributed by atoms with E-state index in [1.807, 2.05) is 43.8 Å². The van der Waals surface area contributed by atoms with E-state index in [-0.39, 0.29) is 6.04 Å². The number of pyridine rings is 1. The van der Waals surface area contributed by atoms with E-state index < -0.39 is 11.6 Å². The molecule has 0 aliphatic carbocycles. The van der Waals surface area contributed by atoms with Crippen LogP contribution in [0.5, 0.6) is 0 Å². The molecule has 6 rings (SSSR count). The molecule has 2 fully saturated rings. The van der Waals surface area contributed by atoms with Gasteiger partial charge in [0.1, 0.15) is 23.0 Å². The first-order valence-corrected chi connectivity index (χ1v) is 14.4. The molecule has 2 bridgehead atoms. The lowest BCUT2D eigenvalue weighted by Crippen LogP contribution is -2.52. The van der Waals surface area contributed by atoms with E-state index in [2.05, 4.69) is 36.7 Å². The fourth-order valence-corrected chi connectivity index (χ4v) is 6.55. The SMILES string of the molecule is CCN1CC2CCC(C1)N2Cc1cnc(CCc2cc(-c3cc(F)c4nc(C)n(C(C)C)c4c3)c(F)cn2)nc1. The monoisotopic (exact) mass is 545 g/mol. The van der Waals surface area contributed by atoms with Gasteiger partial charge in [0.2, 0.25) is 0 Å². The lowest BCUT2D eigenvalue weighted by molar-refractivity contribution is 0.0640. The molecule has 2 aliphatic rings. The number of benzene rings is 1. The zero-order valence-electron chi connectivity index (χ0n) is 23.7. The molecule has 210 valence electrons. The average molecular weight is 546 g/mol. The van der Waals surface area contributed by atoms with E-state index >= 15 is 4.39 Å². The molecule has 40 heavy (non-hydrogen) atoms. The van der Waals surface area contributed by atoms with Crippen molar-refractivity contribution >= 4 is 11.0 Å².